The minimum absolute atomic E-state index is 0.0137. The number of halogens is 4. The van der Waals surface area contributed by atoms with Crippen molar-refractivity contribution in [3.05, 3.63) is 22.7 Å². The lowest BCUT2D eigenvalue weighted by Crippen LogP contribution is -2.32. The van der Waals surface area contributed by atoms with Gasteiger partial charge in [0.25, 0.3) is 0 Å². The van der Waals surface area contributed by atoms with Gasteiger partial charge in [0.15, 0.2) is 0 Å². The summed E-state index contributed by atoms with van der Waals surface area (Å²) in [6, 6.07) is 2.93. The molecule has 0 fully saturated rings. The van der Waals surface area contributed by atoms with Gasteiger partial charge in [-0.1, -0.05) is 6.92 Å². The third-order valence-corrected chi connectivity index (χ3v) is 4.71. The largest absolute Gasteiger partial charge is 0.573 e. The van der Waals surface area contributed by atoms with Crippen molar-refractivity contribution >= 4 is 26.0 Å². The number of sulfonamides is 1. The highest BCUT2D eigenvalue weighted by molar-refractivity contribution is 9.10. The molecule has 0 bridgehead atoms. The van der Waals surface area contributed by atoms with E-state index in [9.17, 15) is 21.6 Å². The Bertz CT molecular complexity index is 579. The molecule has 2 N–H and O–H groups in total. The van der Waals surface area contributed by atoms with E-state index in [1.165, 1.54) is 0 Å². The quantitative estimate of drug-likeness (QED) is 0.700. The zero-order valence-corrected chi connectivity index (χ0v) is 13.4. The Morgan fingerprint density at radius 1 is 1.29 bits per heavy atom. The van der Waals surface area contributed by atoms with Gasteiger partial charge in [-0.3, -0.25) is 0 Å². The summed E-state index contributed by atoms with van der Waals surface area (Å²) in [6.45, 7) is 3.20. The first-order valence-electron chi connectivity index (χ1n) is 5.91. The second-order valence-electron chi connectivity index (χ2n) is 3.89. The van der Waals surface area contributed by atoms with Gasteiger partial charge < -0.3 is 10.1 Å². The zero-order chi connectivity index (χ0) is 16.1. The van der Waals surface area contributed by atoms with E-state index in [2.05, 4.69) is 30.7 Å². The van der Waals surface area contributed by atoms with E-state index < -0.39 is 22.1 Å². The topological polar surface area (TPSA) is 67.4 Å². The number of benzene rings is 1. The summed E-state index contributed by atoms with van der Waals surface area (Å²) in [5, 5.41) is 2.94. The predicted octanol–water partition coefficient (Wildman–Crippen LogP) is 2.24. The molecule has 120 valence electrons. The molecule has 0 saturated carbocycles. The van der Waals surface area contributed by atoms with E-state index >= 15 is 0 Å². The normalized spacial score (nSPS) is 12.4. The van der Waals surface area contributed by atoms with E-state index in [0.717, 1.165) is 18.2 Å². The number of ether oxygens (including phenoxy) is 1. The predicted molar refractivity (Wildman–Crippen MR) is 74.6 cm³/mol. The number of likely N-dealkylation sites (N-methyl/N-ethyl adjacent to an activating group) is 1. The molecule has 0 aromatic heterocycles. The number of rotatable bonds is 7. The molecule has 0 saturated heterocycles. The highest BCUT2D eigenvalue weighted by Crippen LogP contribution is 2.29. The van der Waals surface area contributed by atoms with Gasteiger partial charge in [-0.15, -0.1) is 13.2 Å². The molecule has 5 nitrogen and oxygen atoms in total. The molecule has 1 aromatic rings. The summed E-state index contributed by atoms with van der Waals surface area (Å²) < 4.78 is 66.2. The van der Waals surface area contributed by atoms with Crippen LogP contribution in [-0.2, 0) is 10.0 Å². The minimum Gasteiger partial charge on any atom is -0.406 e. The van der Waals surface area contributed by atoms with Crippen LogP contribution < -0.4 is 14.8 Å². The van der Waals surface area contributed by atoms with Gasteiger partial charge in [-0.25, -0.2) is 13.1 Å². The first-order chi connectivity index (χ1) is 9.65. The van der Waals surface area contributed by atoms with Crippen LogP contribution in [0.15, 0.2) is 27.6 Å². The molecule has 10 heteroatoms. The van der Waals surface area contributed by atoms with Crippen molar-refractivity contribution in [3.63, 3.8) is 0 Å². The van der Waals surface area contributed by atoms with E-state index in [1.54, 1.807) is 0 Å². The molecular weight excluding hydrogens is 377 g/mol. The van der Waals surface area contributed by atoms with Gasteiger partial charge in [0.1, 0.15) is 5.75 Å². The SMILES string of the molecule is CCNCCNS(=O)(=O)c1ccc(OC(F)(F)F)cc1Br. The number of alkyl halides is 3. The molecule has 0 amide bonds. The van der Waals surface area contributed by atoms with E-state index in [4.69, 9.17) is 0 Å². The Balaban J connectivity index is 2.83. The van der Waals surface area contributed by atoms with Crippen LogP contribution in [0.3, 0.4) is 0 Å². The lowest BCUT2D eigenvalue weighted by Gasteiger charge is -2.12. The van der Waals surface area contributed by atoms with Crippen molar-refractivity contribution < 1.29 is 26.3 Å². The van der Waals surface area contributed by atoms with Crippen molar-refractivity contribution in [1.29, 1.82) is 0 Å². The third-order valence-electron chi connectivity index (χ3n) is 2.27. The van der Waals surface area contributed by atoms with Crippen LogP contribution in [-0.4, -0.2) is 34.4 Å². The van der Waals surface area contributed by atoms with Gasteiger partial charge in [0.2, 0.25) is 10.0 Å². The molecule has 21 heavy (non-hydrogen) atoms. The molecule has 0 radical (unpaired) electrons. The summed E-state index contributed by atoms with van der Waals surface area (Å²) in [5.41, 5.74) is 0. The van der Waals surface area contributed by atoms with Crippen molar-refractivity contribution in [3.8, 4) is 5.75 Å². The van der Waals surface area contributed by atoms with Crippen molar-refractivity contribution in [2.75, 3.05) is 19.6 Å². The molecule has 0 unspecified atom stereocenters. The number of hydrogen-bond donors (Lipinski definition) is 2. The Morgan fingerprint density at radius 2 is 1.95 bits per heavy atom. The van der Waals surface area contributed by atoms with Crippen LogP contribution in [0.4, 0.5) is 13.2 Å². The molecule has 0 heterocycles. The first-order valence-corrected chi connectivity index (χ1v) is 8.19. The van der Waals surface area contributed by atoms with Crippen LogP contribution in [0.1, 0.15) is 6.92 Å². The van der Waals surface area contributed by atoms with Crippen molar-refractivity contribution in [2.45, 2.75) is 18.2 Å². The van der Waals surface area contributed by atoms with Crippen LogP contribution in [0.25, 0.3) is 0 Å². The van der Waals surface area contributed by atoms with E-state index in [1.807, 2.05) is 6.92 Å². The fraction of sp³-hybridized carbons (Fsp3) is 0.455. The average Bonchev–Trinajstić information content (AvgIpc) is 2.32. The zero-order valence-electron chi connectivity index (χ0n) is 11.0. The van der Waals surface area contributed by atoms with Gasteiger partial charge in [-0.2, -0.15) is 0 Å². The maximum absolute atomic E-state index is 12.1. The molecule has 0 spiro atoms. The maximum atomic E-state index is 12.1. The molecule has 0 aliphatic heterocycles. The lowest BCUT2D eigenvalue weighted by atomic mass is 10.3. The van der Waals surface area contributed by atoms with E-state index in [0.29, 0.717) is 13.1 Å². The molecule has 0 aliphatic carbocycles. The van der Waals surface area contributed by atoms with Gasteiger partial charge in [-0.05, 0) is 40.7 Å². The van der Waals surface area contributed by atoms with Gasteiger partial charge in [0.05, 0.1) is 4.90 Å². The van der Waals surface area contributed by atoms with Crippen molar-refractivity contribution in [2.24, 2.45) is 0 Å². The van der Waals surface area contributed by atoms with Crippen LogP contribution in [0, 0.1) is 0 Å². The molecule has 1 aromatic carbocycles. The Kier molecular flexibility index (Phi) is 6.44. The maximum Gasteiger partial charge on any atom is 0.573 e. The van der Waals surface area contributed by atoms with Crippen LogP contribution >= 0.6 is 15.9 Å². The first kappa shape index (κ1) is 18.2. The summed E-state index contributed by atoms with van der Waals surface area (Å²) in [7, 11) is -3.81. The molecule has 0 atom stereocenters. The van der Waals surface area contributed by atoms with Gasteiger partial charge in [0, 0.05) is 17.6 Å². The molecule has 1 rings (SSSR count). The summed E-state index contributed by atoms with van der Waals surface area (Å²) in [5.74, 6) is -0.499. The van der Waals surface area contributed by atoms with Crippen LogP contribution in [0.2, 0.25) is 0 Å². The number of nitrogens with one attached hydrogen (secondary N) is 2. The van der Waals surface area contributed by atoms with Crippen molar-refractivity contribution in [1.82, 2.24) is 10.0 Å². The molecule has 0 aliphatic rings. The molecular formula is C11H14BrF3N2O3S. The smallest absolute Gasteiger partial charge is 0.406 e. The fourth-order valence-corrected chi connectivity index (χ4v) is 3.51. The fourth-order valence-electron chi connectivity index (χ4n) is 1.42. The standard InChI is InChI=1S/C11H14BrF3N2O3S/c1-2-16-5-6-17-21(18,19)10-4-3-8(7-9(10)12)20-11(13,14)15/h3-4,7,16-17H,2,5-6H2,1H3. The summed E-state index contributed by atoms with van der Waals surface area (Å²) in [4.78, 5) is -0.159. The summed E-state index contributed by atoms with van der Waals surface area (Å²) >= 11 is 2.93. The Labute approximate surface area is 129 Å². The second-order valence-corrected chi connectivity index (χ2v) is 6.48. The second kappa shape index (κ2) is 7.43. The van der Waals surface area contributed by atoms with Gasteiger partial charge >= 0.3 is 6.36 Å². The lowest BCUT2D eigenvalue weighted by molar-refractivity contribution is -0.274. The van der Waals surface area contributed by atoms with E-state index in [-0.39, 0.29) is 15.9 Å². The minimum atomic E-state index is -4.83. The average molecular weight is 391 g/mol. The van der Waals surface area contributed by atoms with Crippen LogP contribution in [0.5, 0.6) is 5.75 Å². The Morgan fingerprint density at radius 3 is 2.48 bits per heavy atom. The third kappa shape index (κ3) is 6.20. The highest BCUT2D eigenvalue weighted by atomic mass is 79.9. The monoisotopic (exact) mass is 390 g/mol. The summed E-state index contributed by atoms with van der Waals surface area (Å²) in [6.07, 6.45) is -4.83. The highest BCUT2D eigenvalue weighted by Gasteiger charge is 2.31. The Hall–Kier alpha value is -0.840. The number of hydrogen-bond acceptors (Lipinski definition) is 4.